The Balaban J connectivity index is 2.90. The van der Waals surface area contributed by atoms with Crippen LogP contribution < -0.4 is 0 Å². The molecule has 1 aromatic rings. The average molecular weight is 194 g/mol. The first-order valence-corrected chi connectivity index (χ1v) is 4.93. The molecule has 0 amide bonds. The molecule has 0 heterocycles. The van der Waals surface area contributed by atoms with Crippen molar-refractivity contribution < 1.29 is 9.84 Å². The van der Waals surface area contributed by atoms with Crippen LogP contribution in [0.3, 0.4) is 0 Å². The zero-order valence-corrected chi connectivity index (χ0v) is 9.08. The Morgan fingerprint density at radius 2 is 2.00 bits per heavy atom. The van der Waals surface area contributed by atoms with Crippen LogP contribution in [0.15, 0.2) is 18.2 Å². The minimum absolute atomic E-state index is 0.334. The van der Waals surface area contributed by atoms with Crippen molar-refractivity contribution in [1.29, 1.82) is 0 Å². The van der Waals surface area contributed by atoms with Crippen molar-refractivity contribution in [3.05, 3.63) is 29.3 Å². The van der Waals surface area contributed by atoms with Gasteiger partial charge in [-0.15, -0.1) is 0 Å². The smallest absolute Gasteiger partial charge is 0.115 e. The lowest BCUT2D eigenvalue weighted by Gasteiger charge is -2.11. The largest absolute Gasteiger partial charge is 0.508 e. The summed E-state index contributed by atoms with van der Waals surface area (Å²) in [5.41, 5.74) is 2.35. The maximum atomic E-state index is 9.38. The predicted octanol–water partition coefficient (Wildman–Crippen LogP) is 2.74. The summed E-state index contributed by atoms with van der Waals surface area (Å²) in [4.78, 5) is 0. The van der Waals surface area contributed by atoms with Gasteiger partial charge in [0.25, 0.3) is 0 Å². The topological polar surface area (TPSA) is 29.5 Å². The molecule has 0 spiro atoms. The quantitative estimate of drug-likeness (QED) is 0.798. The molecule has 1 N–H and O–H groups in total. The standard InChI is InChI=1S/C12H18O2/c1-9(2)6-11-7-12(13)5-4-10(11)8-14-3/h4-5,7,9,13H,6,8H2,1-3H3. The Hall–Kier alpha value is -1.02. The van der Waals surface area contributed by atoms with Crippen LogP contribution in [-0.2, 0) is 17.8 Å². The second-order valence-corrected chi connectivity index (χ2v) is 3.98. The molecule has 1 aromatic carbocycles. The molecule has 0 unspecified atom stereocenters. The highest BCUT2D eigenvalue weighted by atomic mass is 16.5. The van der Waals surface area contributed by atoms with E-state index < -0.39 is 0 Å². The maximum absolute atomic E-state index is 9.38. The third-order valence-corrected chi connectivity index (χ3v) is 2.12. The van der Waals surface area contributed by atoms with E-state index in [1.165, 1.54) is 11.1 Å². The lowest BCUT2D eigenvalue weighted by molar-refractivity contribution is 0.184. The minimum atomic E-state index is 0.334. The first-order chi connectivity index (χ1) is 6.63. The summed E-state index contributed by atoms with van der Waals surface area (Å²) in [6.45, 7) is 4.95. The summed E-state index contributed by atoms with van der Waals surface area (Å²) < 4.78 is 5.11. The molecule has 0 saturated carbocycles. The molecule has 0 aliphatic carbocycles. The fourth-order valence-corrected chi connectivity index (χ4v) is 1.54. The third-order valence-electron chi connectivity index (χ3n) is 2.12. The van der Waals surface area contributed by atoms with Gasteiger partial charge >= 0.3 is 0 Å². The van der Waals surface area contributed by atoms with Crippen LogP contribution in [0, 0.1) is 5.92 Å². The number of aromatic hydroxyl groups is 1. The Morgan fingerprint density at radius 1 is 1.29 bits per heavy atom. The number of methoxy groups -OCH3 is 1. The average Bonchev–Trinajstić information content (AvgIpc) is 2.09. The first kappa shape index (κ1) is 11.1. The van der Waals surface area contributed by atoms with Gasteiger partial charge in [0.1, 0.15) is 5.75 Å². The van der Waals surface area contributed by atoms with Crippen molar-refractivity contribution in [2.24, 2.45) is 5.92 Å². The number of ether oxygens (including phenoxy) is 1. The summed E-state index contributed by atoms with van der Waals surface area (Å²) >= 11 is 0. The molecular formula is C12H18O2. The van der Waals surface area contributed by atoms with Crippen molar-refractivity contribution in [3.8, 4) is 5.75 Å². The SMILES string of the molecule is COCc1ccc(O)cc1CC(C)C. The van der Waals surface area contributed by atoms with Crippen LogP contribution in [0.5, 0.6) is 5.75 Å². The molecule has 1 rings (SSSR count). The van der Waals surface area contributed by atoms with E-state index in [2.05, 4.69) is 13.8 Å². The number of phenols is 1. The zero-order chi connectivity index (χ0) is 10.6. The lowest BCUT2D eigenvalue weighted by Crippen LogP contribution is -2.00. The fourth-order valence-electron chi connectivity index (χ4n) is 1.54. The van der Waals surface area contributed by atoms with E-state index in [0.29, 0.717) is 18.3 Å². The van der Waals surface area contributed by atoms with Crippen LogP contribution >= 0.6 is 0 Å². The van der Waals surface area contributed by atoms with Gasteiger partial charge in [0.05, 0.1) is 6.61 Å². The Labute approximate surface area is 85.5 Å². The van der Waals surface area contributed by atoms with Gasteiger partial charge in [-0.1, -0.05) is 19.9 Å². The van der Waals surface area contributed by atoms with Crippen LogP contribution in [0.2, 0.25) is 0 Å². The molecule has 78 valence electrons. The molecule has 14 heavy (non-hydrogen) atoms. The van der Waals surface area contributed by atoms with Crippen molar-refractivity contribution in [2.45, 2.75) is 26.9 Å². The molecule has 0 fully saturated rings. The van der Waals surface area contributed by atoms with E-state index in [1.807, 2.05) is 12.1 Å². The van der Waals surface area contributed by atoms with Crippen molar-refractivity contribution in [2.75, 3.05) is 7.11 Å². The van der Waals surface area contributed by atoms with Crippen LogP contribution in [0.1, 0.15) is 25.0 Å². The summed E-state index contributed by atoms with van der Waals surface area (Å²) in [5.74, 6) is 0.924. The van der Waals surface area contributed by atoms with Gasteiger partial charge in [-0.05, 0) is 35.6 Å². The monoisotopic (exact) mass is 194 g/mol. The predicted molar refractivity (Wildman–Crippen MR) is 57.4 cm³/mol. The first-order valence-electron chi connectivity index (χ1n) is 4.93. The summed E-state index contributed by atoms with van der Waals surface area (Å²) in [6, 6.07) is 5.46. The number of hydrogen-bond donors (Lipinski definition) is 1. The molecule has 0 aliphatic heterocycles. The number of phenolic OH excluding ortho intramolecular Hbond substituents is 1. The Kier molecular flexibility index (Phi) is 3.96. The lowest BCUT2D eigenvalue weighted by atomic mass is 9.98. The summed E-state index contributed by atoms with van der Waals surface area (Å²) in [7, 11) is 1.69. The molecule has 2 nitrogen and oxygen atoms in total. The highest BCUT2D eigenvalue weighted by Gasteiger charge is 2.05. The van der Waals surface area contributed by atoms with Gasteiger partial charge in [-0.3, -0.25) is 0 Å². The molecule has 0 atom stereocenters. The summed E-state index contributed by atoms with van der Waals surface area (Å²) in [5, 5.41) is 9.38. The molecule has 2 heteroatoms. The Morgan fingerprint density at radius 3 is 2.57 bits per heavy atom. The molecule has 0 aliphatic rings. The van der Waals surface area contributed by atoms with Crippen LogP contribution in [0.25, 0.3) is 0 Å². The van der Waals surface area contributed by atoms with Crippen molar-refractivity contribution in [1.82, 2.24) is 0 Å². The van der Waals surface area contributed by atoms with E-state index >= 15 is 0 Å². The van der Waals surface area contributed by atoms with Crippen LogP contribution in [-0.4, -0.2) is 12.2 Å². The molecular weight excluding hydrogens is 176 g/mol. The highest BCUT2D eigenvalue weighted by molar-refractivity contribution is 5.34. The number of rotatable bonds is 4. The highest BCUT2D eigenvalue weighted by Crippen LogP contribution is 2.20. The van der Waals surface area contributed by atoms with E-state index in [1.54, 1.807) is 13.2 Å². The second kappa shape index (κ2) is 5.01. The molecule has 0 radical (unpaired) electrons. The molecule has 0 saturated heterocycles. The van der Waals surface area contributed by atoms with Crippen LogP contribution in [0.4, 0.5) is 0 Å². The van der Waals surface area contributed by atoms with E-state index in [9.17, 15) is 5.11 Å². The van der Waals surface area contributed by atoms with Gasteiger partial charge in [-0.2, -0.15) is 0 Å². The molecule has 0 aromatic heterocycles. The van der Waals surface area contributed by atoms with Crippen molar-refractivity contribution >= 4 is 0 Å². The maximum Gasteiger partial charge on any atom is 0.115 e. The van der Waals surface area contributed by atoms with Gasteiger partial charge in [-0.25, -0.2) is 0 Å². The fraction of sp³-hybridized carbons (Fsp3) is 0.500. The second-order valence-electron chi connectivity index (χ2n) is 3.98. The van der Waals surface area contributed by atoms with E-state index in [4.69, 9.17) is 4.74 Å². The molecule has 0 bridgehead atoms. The minimum Gasteiger partial charge on any atom is -0.508 e. The third kappa shape index (κ3) is 3.04. The van der Waals surface area contributed by atoms with E-state index in [0.717, 1.165) is 6.42 Å². The van der Waals surface area contributed by atoms with Gasteiger partial charge in [0.2, 0.25) is 0 Å². The van der Waals surface area contributed by atoms with Gasteiger partial charge in [0.15, 0.2) is 0 Å². The Bertz CT molecular complexity index is 292. The van der Waals surface area contributed by atoms with Gasteiger partial charge < -0.3 is 9.84 Å². The van der Waals surface area contributed by atoms with Gasteiger partial charge in [0, 0.05) is 7.11 Å². The van der Waals surface area contributed by atoms with Crippen molar-refractivity contribution in [3.63, 3.8) is 0 Å². The number of hydrogen-bond acceptors (Lipinski definition) is 2. The zero-order valence-electron chi connectivity index (χ0n) is 9.08. The van der Waals surface area contributed by atoms with E-state index in [-0.39, 0.29) is 0 Å². The normalized spacial score (nSPS) is 10.9. The number of benzene rings is 1. The summed E-state index contributed by atoms with van der Waals surface area (Å²) in [6.07, 6.45) is 0.979.